The van der Waals surface area contributed by atoms with Gasteiger partial charge in [0.1, 0.15) is 5.82 Å². The van der Waals surface area contributed by atoms with Gasteiger partial charge in [-0.2, -0.15) is 5.10 Å². The van der Waals surface area contributed by atoms with Crippen LogP contribution in [0.15, 0.2) is 36.5 Å². The zero-order valence-electron chi connectivity index (χ0n) is 11.2. The Balaban J connectivity index is 1.92. The Labute approximate surface area is 120 Å². The van der Waals surface area contributed by atoms with E-state index >= 15 is 0 Å². The molecule has 1 aromatic carbocycles. The van der Waals surface area contributed by atoms with Gasteiger partial charge in [-0.3, -0.25) is 19.6 Å². The SMILES string of the molecule is NC(=O)CCn1ccc(NCc2cccc([N+](=O)[O-])c2)n1. The van der Waals surface area contributed by atoms with Crippen LogP contribution in [0.25, 0.3) is 0 Å². The van der Waals surface area contributed by atoms with Crippen LogP contribution >= 0.6 is 0 Å². The number of anilines is 1. The molecule has 8 nitrogen and oxygen atoms in total. The maximum absolute atomic E-state index is 10.7. The van der Waals surface area contributed by atoms with Crippen molar-refractivity contribution in [1.82, 2.24) is 9.78 Å². The molecule has 0 spiro atoms. The van der Waals surface area contributed by atoms with Gasteiger partial charge in [0.2, 0.25) is 5.91 Å². The Bertz CT molecular complexity index is 653. The summed E-state index contributed by atoms with van der Waals surface area (Å²) in [7, 11) is 0. The molecule has 3 N–H and O–H groups in total. The predicted molar refractivity (Wildman–Crippen MR) is 76.5 cm³/mol. The third-order valence-electron chi connectivity index (χ3n) is 2.82. The number of rotatable bonds is 7. The minimum Gasteiger partial charge on any atom is -0.370 e. The lowest BCUT2D eigenvalue weighted by Crippen LogP contribution is -2.14. The number of nitrogens with one attached hydrogen (secondary N) is 1. The Morgan fingerprint density at radius 1 is 1.43 bits per heavy atom. The molecule has 2 rings (SSSR count). The number of carbonyl (C=O) groups is 1. The molecule has 110 valence electrons. The van der Waals surface area contributed by atoms with Gasteiger partial charge in [0.15, 0.2) is 0 Å². The normalized spacial score (nSPS) is 10.3. The molecule has 8 heteroatoms. The number of hydrogen-bond acceptors (Lipinski definition) is 5. The number of nitrogens with two attached hydrogens (primary N) is 1. The fourth-order valence-electron chi connectivity index (χ4n) is 1.78. The smallest absolute Gasteiger partial charge is 0.269 e. The lowest BCUT2D eigenvalue weighted by atomic mass is 10.2. The molecule has 0 fully saturated rings. The molecule has 1 aromatic heterocycles. The van der Waals surface area contributed by atoms with Crippen molar-refractivity contribution in [1.29, 1.82) is 0 Å². The van der Waals surface area contributed by atoms with Crippen LogP contribution in [0.2, 0.25) is 0 Å². The molecule has 0 aliphatic heterocycles. The summed E-state index contributed by atoms with van der Waals surface area (Å²) in [6.45, 7) is 0.850. The Morgan fingerprint density at radius 2 is 2.24 bits per heavy atom. The van der Waals surface area contributed by atoms with Crippen LogP contribution in [0.1, 0.15) is 12.0 Å². The summed E-state index contributed by atoms with van der Waals surface area (Å²) in [5.74, 6) is 0.252. The molecular weight excluding hydrogens is 274 g/mol. The second kappa shape index (κ2) is 6.51. The number of nitro benzene ring substituents is 1. The summed E-state index contributed by atoms with van der Waals surface area (Å²) >= 11 is 0. The minimum absolute atomic E-state index is 0.0567. The maximum atomic E-state index is 10.7. The van der Waals surface area contributed by atoms with Gasteiger partial charge in [-0.05, 0) is 5.56 Å². The van der Waals surface area contributed by atoms with Gasteiger partial charge in [0, 0.05) is 43.9 Å². The topological polar surface area (TPSA) is 116 Å². The third-order valence-corrected chi connectivity index (χ3v) is 2.82. The lowest BCUT2D eigenvalue weighted by Gasteiger charge is -2.03. The number of nitrogens with zero attached hydrogens (tertiary/aromatic N) is 3. The largest absolute Gasteiger partial charge is 0.370 e. The van der Waals surface area contributed by atoms with Crippen LogP contribution in [0.4, 0.5) is 11.5 Å². The zero-order valence-corrected chi connectivity index (χ0v) is 11.2. The number of nitro groups is 1. The monoisotopic (exact) mass is 289 g/mol. The molecule has 21 heavy (non-hydrogen) atoms. The van der Waals surface area contributed by atoms with E-state index in [9.17, 15) is 14.9 Å². The average Bonchev–Trinajstić information content (AvgIpc) is 2.91. The van der Waals surface area contributed by atoms with Gasteiger partial charge in [-0.25, -0.2) is 0 Å². The van der Waals surface area contributed by atoms with Crippen molar-refractivity contribution >= 4 is 17.4 Å². The van der Waals surface area contributed by atoms with E-state index in [-0.39, 0.29) is 18.0 Å². The first-order valence-corrected chi connectivity index (χ1v) is 6.33. The van der Waals surface area contributed by atoms with Gasteiger partial charge >= 0.3 is 0 Å². The lowest BCUT2D eigenvalue weighted by molar-refractivity contribution is -0.384. The summed E-state index contributed by atoms with van der Waals surface area (Å²) in [6, 6.07) is 8.15. The highest BCUT2D eigenvalue weighted by Crippen LogP contribution is 2.14. The molecule has 0 bridgehead atoms. The molecule has 1 heterocycles. The number of hydrogen-bond donors (Lipinski definition) is 2. The maximum Gasteiger partial charge on any atom is 0.269 e. The van der Waals surface area contributed by atoms with Crippen LogP contribution in [0.3, 0.4) is 0 Å². The van der Waals surface area contributed by atoms with Crippen LogP contribution in [0.5, 0.6) is 0 Å². The number of amides is 1. The Morgan fingerprint density at radius 3 is 2.95 bits per heavy atom. The van der Waals surface area contributed by atoms with E-state index in [2.05, 4.69) is 10.4 Å². The van der Waals surface area contributed by atoms with Gasteiger partial charge in [-0.15, -0.1) is 0 Å². The fraction of sp³-hybridized carbons (Fsp3) is 0.231. The number of carbonyl (C=O) groups excluding carboxylic acids is 1. The summed E-state index contributed by atoms with van der Waals surface area (Å²) in [5.41, 5.74) is 5.91. The number of primary amides is 1. The third kappa shape index (κ3) is 4.30. The first-order chi connectivity index (χ1) is 10.0. The summed E-state index contributed by atoms with van der Waals surface area (Å²) < 4.78 is 1.61. The van der Waals surface area contributed by atoms with E-state index in [0.29, 0.717) is 18.9 Å². The molecule has 0 radical (unpaired) electrons. The Kier molecular flexibility index (Phi) is 4.50. The van der Waals surface area contributed by atoms with Crippen molar-refractivity contribution in [3.8, 4) is 0 Å². The number of benzene rings is 1. The molecule has 0 saturated heterocycles. The number of aryl methyl sites for hydroxylation is 1. The number of aromatic nitrogens is 2. The van der Waals surface area contributed by atoms with Gasteiger partial charge in [0.25, 0.3) is 5.69 Å². The van der Waals surface area contributed by atoms with Crippen molar-refractivity contribution in [2.45, 2.75) is 19.5 Å². The molecule has 0 saturated carbocycles. The first-order valence-electron chi connectivity index (χ1n) is 6.33. The van der Waals surface area contributed by atoms with E-state index < -0.39 is 4.92 Å². The van der Waals surface area contributed by atoms with Crippen molar-refractivity contribution in [3.63, 3.8) is 0 Å². The molecule has 2 aromatic rings. The summed E-state index contributed by atoms with van der Waals surface area (Å²) in [5, 5.41) is 18.0. The van der Waals surface area contributed by atoms with Crippen LogP contribution in [-0.4, -0.2) is 20.6 Å². The summed E-state index contributed by atoms with van der Waals surface area (Å²) in [6.07, 6.45) is 1.96. The van der Waals surface area contributed by atoms with E-state index in [1.165, 1.54) is 12.1 Å². The van der Waals surface area contributed by atoms with Crippen molar-refractivity contribution < 1.29 is 9.72 Å². The predicted octanol–water partition coefficient (Wildman–Crippen LogP) is 1.28. The van der Waals surface area contributed by atoms with E-state index in [0.717, 1.165) is 5.56 Å². The van der Waals surface area contributed by atoms with Crippen LogP contribution < -0.4 is 11.1 Å². The van der Waals surface area contributed by atoms with Crippen LogP contribution in [0, 0.1) is 10.1 Å². The van der Waals surface area contributed by atoms with Crippen molar-refractivity contribution in [2.24, 2.45) is 5.73 Å². The highest BCUT2D eigenvalue weighted by atomic mass is 16.6. The van der Waals surface area contributed by atoms with Gasteiger partial charge in [0.05, 0.1) is 4.92 Å². The number of non-ortho nitro benzene ring substituents is 1. The van der Waals surface area contributed by atoms with Gasteiger partial charge in [-0.1, -0.05) is 12.1 Å². The molecular formula is C13H15N5O3. The summed E-state index contributed by atoms with van der Waals surface area (Å²) in [4.78, 5) is 20.9. The molecule has 0 unspecified atom stereocenters. The zero-order chi connectivity index (χ0) is 15.2. The average molecular weight is 289 g/mol. The van der Waals surface area contributed by atoms with E-state index in [1.54, 1.807) is 29.1 Å². The van der Waals surface area contributed by atoms with Crippen molar-refractivity contribution in [3.05, 3.63) is 52.2 Å². The molecule has 0 aliphatic rings. The highest BCUT2D eigenvalue weighted by Gasteiger charge is 2.06. The fourth-order valence-corrected chi connectivity index (χ4v) is 1.78. The first kappa shape index (κ1) is 14.5. The second-order valence-corrected chi connectivity index (χ2v) is 4.46. The highest BCUT2D eigenvalue weighted by molar-refractivity contribution is 5.73. The van der Waals surface area contributed by atoms with Gasteiger partial charge < -0.3 is 11.1 Å². The molecule has 0 atom stereocenters. The molecule has 1 amide bonds. The quantitative estimate of drug-likeness (QED) is 0.588. The molecule has 0 aliphatic carbocycles. The Hall–Kier alpha value is -2.90. The van der Waals surface area contributed by atoms with Crippen LogP contribution in [-0.2, 0) is 17.9 Å². The minimum atomic E-state index is -0.429. The van der Waals surface area contributed by atoms with E-state index in [1.807, 2.05) is 0 Å². The van der Waals surface area contributed by atoms with E-state index in [4.69, 9.17) is 5.73 Å². The second-order valence-electron chi connectivity index (χ2n) is 4.46. The van der Waals surface area contributed by atoms with Crippen molar-refractivity contribution in [2.75, 3.05) is 5.32 Å². The standard InChI is InChI=1S/C13H15N5O3/c14-12(19)4-6-17-7-5-13(16-17)15-9-10-2-1-3-11(8-10)18(20)21/h1-3,5,7-8H,4,6,9H2,(H2,14,19)(H,15,16).